The molecular weight excluding hydrogens is 340 g/mol. The van der Waals surface area contributed by atoms with Crippen LogP contribution in [0.5, 0.6) is 11.5 Å². The van der Waals surface area contributed by atoms with Crippen molar-refractivity contribution in [3.63, 3.8) is 0 Å². The highest BCUT2D eigenvalue weighted by molar-refractivity contribution is 9.10. The Balaban J connectivity index is 2.37. The Kier molecular flexibility index (Phi) is 4.32. The van der Waals surface area contributed by atoms with Crippen molar-refractivity contribution in [2.75, 3.05) is 13.7 Å². The lowest BCUT2D eigenvalue weighted by Gasteiger charge is -2.07. The van der Waals surface area contributed by atoms with E-state index in [1.54, 1.807) is 12.1 Å². The van der Waals surface area contributed by atoms with Crippen LogP contribution in [0.1, 0.15) is 5.56 Å². The number of nitrogens with one attached hydrogen (secondary N) is 1. The molecule has 1 fully saturated rings. The number of carbonyl (C=O) groups excluding carboxylic acids is 2. The summed E-state index contributed by atoms with van der Waals surface area (Å²) in [6, 6.07) is 2.68. The van der Waals surface area contributed by atoms with E-state index in [0.717, 1.165) is 4.90 Å². The maximum atomic E-state index is 12.1. The molecule has 0 aromatic heterocycles. The Morgan fingerprint density at radius 3 is 2.81 bits per heavy atom. The van der Waals surface area contributed by atoms with Crippen molar-refractivity contribution >= 4 is 33.9 Å². The maximum absolute atomic E-state index is 12.1. The predicted molar refractivity (Wildman–Crippen MR) is 80.8 cm³/mol. The summed E-state index contributed by atoms with van der Waals surface area (Å²) in [5, 5.41) is 12.2. The van der Waals surface area contributed by atoms with E-state index in [2.05, 4.69) is 27.8 Å². The maximum Gasteiger partial charge on any atom is 0.329 e. The summed E-state index contributed by atoms with van der Waals surface area (Å²) >= 11 is 3.20. The molecule has 0 atom stereocenters. The molecule has 1 aliphatic heterocycles. The molecule has 7 heteroatoms. The molecule has 6 nitrogen and oxygen atoms in total. The van der Waals surface area contributed by atoms with Crippen LogP contribution in [0, 0.1) is 0 Å². The third-order valence-electron chi connectivity index (χ3n) is 2.86. The van der Waals surface area contributed by atoms with Gasteiger partial charge >= 0.3 is 6.03 Å². The van der Waals surface area contributed by atoms with Crippen LogP contribution in [0.25, 0.3) is 6.08 Å². The average Bonchev–Trinajstić information content (AvgIpc) is 2.70. The fourth-order valence-electron chi connectivity index (χ4n) is 1.87. The zero-order valence-electron chi connectivity index (χ0n) is 11.2. The average molecular weight is 353 g/mol. The molecule has 0 radical (unpaired) electrons. The number of aromatic hydroxyl groups is 1. The Hall–Kier alpha value is -2.28. The van der Waals surface area contributed by atoms with Crippen LogP contribution < -0.4 is 10.1 Å². The van der Waals surface area contributed by atoms with E-state index in [-0.39, 0.29) is 23.7 Å². The Labute approximate surface area is 129 Å². The molecule has 21 heavy (non-hydrogen) atoms. The van der Waals surface area contributed by atoms with Gasteiger partial charge in [-0.25, -0.2) is 4.79 Å². The van der Waals surface area contributed by atoms with Crippen molar-refractivity contribution in [2.45, 2.75) is 0 Å². The van der Waals surface area contributed by atoms with Gasteiger partial charge in [-0.05, 0) is 39.7 Å². The van der Waals surface area contributed by atoms with Crippen molar-refractivity contribution in [2.24, 2.45) is 0 Å². The molecule has 0 saturated carbocycles. The Bertz CT molecular complexity index is 655. The number of carbonyl (C=O) groups is 2. The van der Waals surface area contributed by atoms with Gasteiger partial charge in [-0.2, -0.15) is 0 Å². The number of urea groups is 1. The second kappa shape index (κ2) is 6.01. The molecule has 2 rings (SSSR count). The molecule has 0 spiro atoms. The fourth-order valence-corrected chi connectivity index (χ4v) is 2.33. The molecular formula is C14H13BrN2O4. The summed E-state index contributed by atoms with van der Waals surface area (Å²) in [5.74, 6) is -0.200. The summed E-state index contributed by atoms with van der Waals surface area (Å²) in [6.45, 7) is 3.65. The minimum atomic E-state index is -0.490. The molecule has 0 unspecified atom stereocenters. The molecule has 110 valence electrons. The SMILES string of the molecule is C=CCN1C(=O)N/C(=C/c2cc(Br)c(O)c(OC)c2)C1=O. The smallest absolute Gasteiger partial charge is 0.329 e. The third-order valence-corrected chi connectivity index (χ3v) is 3.46. The number of hydrogen-bond acceptors (Lipinski definition) is 4. The van der Waals surface area contributed by atoms with E-state index in [9.17, 15) is 14.7 Å². The minimum absolute atomic E-state index is 0.0327. The van der Waals surface area contributed by atoms with Crippen LogP contribution >= 0.6 is 15.9 Å². The lowest BCUT2D eigenvalue weighted by Crippen LogP contribution is -2.30. The van der Waals surface area contributed by atoms with Gasteiger partial charge in [0.25, 0.3) is 5.91 Å². The van der Waals surface area contributed by atoms with E-state index in [4.69, 9.17) is 4.74 Å². The fraction of sp³-hybridized carbons (Fsp3) is 0.143. The van der Waals surface area contributed by atoms with Gasteiger partial charge < -0.3 is 15.2 Å². The lowest BCUT2D eigenvalue weighted by atomic mass is 10.1. The number of methoxy groups -OCH3 is 1. The summed E-state index contributed by atoms with van der Waals surface area (Å²) in [4.78, 5) is 24.7. The van der Waals surface area contributed by atoms with Gasteiger partial charge in [0.1, 0.15) is 5.70 Å². The second-order valence-electron chi connectivity index (χ2n) is 4.25. The molecule has 0 aliphatic carbocycles. The number of phenols is 1. The number of phenolic OH excluding ortho intramolecular Hbond substituents is 1. The van der Waals surface area contributed by atoms with Crippen molar-refractivity contribution in [3.05, 3.63) is 40.5 Å². The van der Waals surface area contributed by atoms with E-state index in [1.165, 1.54) is 19.3 Å². The van der Waals surface area contributed by atoms with Gasteiger partial charge in [-0.3, -0.25) is 9.69 Å². The minimum Gasteiger partial charge on any atom is -0.503 e. The van der Waals surface area contributed by atoms with Gasteiger partial charge in [0.15, 0.2) is 11.5 Å². The summed E-state index contributed by atoms with van der Waals surface area (Å²) in [5.41, 5.74) is 0.752. The van der Waals surface area contributed by atoms with E-state index in [0.29, 0.717) is 10.0 Å². The van der Waals surface area contributed by atoms with Crippen molar-refractivity contribution in [3.8, 4) is 11.5 Å². The van der Waals surface area contributed by atoms with Crippen LogP contribution in [0.4, 0.5) is 4.79 Å². The molecule has 1 aliphatic rings. The molecule has 1 heterocycles. The van der Waals surface area contributed by atoms with Gasteiger partial charge in [0.05, 0.1) is 11.6 Å². The zero-order chi connectivity index (χ0) is 15.6. The van der Waals surface area contributed by atoms with Crippen molar-refractivity contribution < 1.29 is 19.4 Å². The molecule has 1 aromatic carbocycles. The Morgan fingerprint density at radius 2 is 2.19 bits per heavy atom. The number of amides is 3. The summed E-state index contributed by atoms with van der Waals surface area (Å²) in [6.07, 6.45) is 2.98. The van der Waals surface area contributed by atoms with E-state index in [1.807, 2.05) is 0 Å². The number of hydrogen-bond donors (Lipinski definition) is 2. The molecule has 3 amide bonds. The number of halogens is 1. The highest BCUT2D eigenvalue weighted by Gasteiger charge is 2.32. The zero-order valence-corrected chi connectivity index (χ0v) is 12.8. The first-order valence-corrected chi connectivity index (χ1v) is 6.79. The largest absolute Gasteiger partial charge is 0.503 e. The highest BCUT2D eigenvalue weighted by atomic mass is 79.9. The van der Waals surface area contributed by atoms with Gasteiger partial charge in [0, 0.05) is 6.54 Å². The monoisotopic (exact) mass is 352 g/mol. The quantitative estimate of drug-likeness (QED) is 0.494. The van der Waals surface area contributed by atoms with Crippen molar-refractivity contribution in [1.29, 1.82) is 0 Å². The topological polar surface area (TPSA) is 78.9 Å². The second-order valence-corrected chi connectivity index (χ2v) is 5.10. The van der Waals surface area contributed by atoms with E-state index < -0.39 is 11.9 Å². The van der Waals surface area contributed by atoms with Crippen LogP contribution in [-0.2, 0) is 4.79 Å². The number of nitrogens with zero attached hydrogens (tertiary/aromatic N) is 1. The van der Waals surface area contributed by atoms with Gasteiger partial charge in [0.2, 0.25) is 0 Å². The molecule has 2 N–H and O–H groups in total. The van der Waals surface area contributed by atoms with Crippen molar-refractivity contribution in [1.82, 2.24) is 10.2 Å². The highest BCUT2D eigenvalue weighted by Crippen LogP contribution is 2.35. The molecule has 0 bridgehead atoms. The summed E-state index contributed by atoms with van der Waals surface area (Å²) < 4.78 is 5.46. The first-order valence-electron chi connectivity index (χ1n) is 6.00. The first kappa shape index (κ1) is 15.1. The predicted octanol–water partition coefficient (Wildman–Crippen LogP) is 2.24. The van der Waals surface area contributed by atoms with Crippen LogP contribution in [0.3, 0.4) is 0 Å². The Morgan fingerprint density at radius 1 is 1.48 bits per heavy atom. The molecule has 1 saturated heterocycles. The van der Waals surface area contributed by atoms with Crippen LogP contribution in [-0.4, -0.2) is 35.6 Å². The number of ether oxygens (including phenoxy) is 1. The number of rotatable bonds is 4. The number of benzene rings is 1. The van der Waals surface area contributed by atoms with Gasteiger partial charge in [-0.15, -0.1) is 6.58 Å². The number of imide groups is 1. The first-order chi connectivity index (χ1) is 9.97. The van der Waals surface area contributed by atoms with Crippen LogP contribution in [0.15, 0.2) is 35.0 Å². The summed E-state index contributed by atoms with van der Waals surface area (Å²) in [7, 11) is 1.42. The van der Waals surface area contributed by atoms with E-state index >= 15 is 0 Å². The lowest BCUT2D eigenvalue weighted by molar-refractivity contribution is -0.122. The molecule has 1 aromatic rings. The standard InChI is InChI=1S/C14H13BrN2O4/c1-3-4-17-13(19)10(16-14(17)20)6-8-5-9(15)12(18)11(7-8)21-2/h3,5-7,18H,1,4H2,2H3,(H,16,20)/b10-6+. The van der Waals surface area contributed by atoms with Gasteiger partial charge in [-0.1, -0.05) is 6.08 Å². The normalized spacial score (nSPS) is 16.3. The van der Waals surface area contributed by atoms with Crippen LogP contribution in [0.2, 0.25) is 0 Å². The third kappa shape index (κ3) is 2.92.